The zero-order chi connectivity index (χ0) is 18.3. The average Bonchev–Trinajstić information content (AvgIpc) is 2.43. The topological polar surface area (TPSA) is 61.8 Å². The van der Waals surface area contributed by atoms with Crippen LogP contribution in [-0.4, -0.2) is 29.9 Å². The Morgan fingerprint density at radius 2 is 1.72 bits per heavy atom. The Labute approximate surface area is 150 Å². The summed E-state index contributed by atoms with van der Waals surface area (Å²) >= 11 is 0. The summed E-state index contributed by atoms with van der Waals surface area (Å²) in [6, 6.07) is 0. The molecule has 0 saturated heterocycles. The first-order chi connectivity index (χ1) is 11.7. The summed E-state index contributed by atoms with van der Waals surface area (Å²) in [5.41, 5.74) is -1.58. The van der Waals surface area contributed by atoms with Gasteiger partial charge in [0.15, 0.2) is 0 Å². The highest BCUT2D eigenvalue weighted by Gasteiger charge is 2.63. The summed E-state index contributed by atoms with van der Waals surface area (Å²) in [7, 11) is 0. The number of ether oxygens (including phenoxy) is 3. The van der Waals surface area contributed by atoms with Crippen LogP contribution in [0.3, 0.4) is 0 Å². The van der Waals surface area contributed by atoms with Crippen LogP contribution in [0.4, 0.5) is 4.79 Å². The number of hydrogen-bond donors (Lipinski definition) is 0. The lowest BCUT2D eigenvalue weighted by atomic mass is 9.48. The molecule has 0 radical (unpaired) electrons. The predicted octanol–water partition coefficient (Wildman–Crippen LogP) is 4.62. The zero-order valence-corrected chi connectivity index (χ0v) is 16.1. The molecule has 0 aliphatic heterocycles. The standard InChI is InChI=1S/C20H32O5/c1-5-6-7-23-16(21)19-9-14-8-15(10-19)12-20(11-14,13-19)25-17(22)24-18(2,3)4/h14-15H,5-13H2,1-4H3. The first-order valence-electron chi connectivity index (χ1n) is 9.75. The van der Waals surface area contributed by atoms with E-state index in [1.165, 1.54) is 0 Å². The molecule has 142 valence electrons. The maximum atomic E-state index is 12.8. The molecule has 0 N–H and O–H groups in total. The van der Waals surface area contributed by atoms with E-state index in [9.17, 15) is 9.59 Å². The highest BCUT2D eigenvalue weighted by atomic mass is 16.7. The third-order valence-electron chi connectivity index (χ3n) is 5.86. The summed E-state index contributed by atoms with van der Waals surface area (Å²) in [5, 5.41) is 0. The number of esters is 1. The predicted molar refractivity (Wildman–Crippen MR) is 93.0 cm³/mol. The highest BCUT2D eigenvalue weighted by molar-refractivity contribution is 5.78. The van der Waals surface area contributed by atoms with Crippen molar-refractivity contribution in [2.75, 3.05) is 6.61 Å². The Hall–Kier alpha value is -1.26. The van der Waals surface area contributed by atoms with Gasteiger partial charge in [-0.05, 0) is 71.1 Å². The van der Waals surface area contributed by atoms with Crippen LogP contribution in [-0.2, 0) is 19.0 Å². The molecule has 4 fully saturated rings. The molecule has 0 aromatic carbocycles. The van der Waals surface area contributed by atoms with Gasteiger partial charge in [-0.3, -0.25) is 4.79 Å². The van der Waals surface area contributed by atoms with Gasteiger partial charge in [0.05, 0.1) is 12.0 Å². The molecule has 4 aliphatic carbocycles. The van der Waals surface area contributed by atoms with Crippen LogP contribution < -0.4 is 0 Å². The number of carbonyl (C=O) groups is 2. The SMILES string of the molecule is CCCCOC(=O)C12CC3CC(CC(OC(=O)OC(C)(C)C)(C3)C1)C2. The molecule has 5 nitrogen and oxygen atoms in total. The van der Waals surface area contributed by atoms with Gasteiger partial charge in [0, 0.05) is 6.42 Å². The molecule has 4 bridgehead atoms. The lowest BCUT2D eigenvalue weighted by molar-refractivity contribution is -0.202. The van der Waals surface area contributed by atoms with Crippen molar-refractivity contribution >= 4 is 12.1 Å². The minimum absolute atomic E-state index is 0.0767. The van der Waals surface area contributed by atoms with E-state index in [0.717, 1.165) is 44.9 Å². The fraction of sp³-hybridized carbons (Fsp3) is 0.900. The molecule has 25 heavy (non-hydrogen) atoms. The highest BCUT2D eigenvalue weighted by Crippen LogP contribution is 2.63. The molecule has 2 unspecified atom stereocenters. The monoisotopic (exact) mass is 352 g/mol. The normalized spacial score (nSPS) is 36.2. The van der Waals surface area contributed by atoms with E-state index in [0.29, 0.717) is 24.9 Å². The molecule has 2 atom stereocenters. The Morgan fingerprint density at radius 3 is 2.28 bits per heavy atom. The lowest BCUT2D eigenvalue weighted by Gasteiger charge is -2.59. The summed E-state index contributed by atoms with van der Waals surface area (Å²) in [5.74, 6) is 0.817. The van der Waals surface area contributed by atoms with E-state index in [1.54, 1.807) is 0 Å². The third-order valence-corrected chi connectivity index (χ3v) is 5.86. The second-order valence-electron chi connectivity index (χ2n) is 9.48. The van der Waals surface area contributed by atoms with Gasteiger partial charge in [0.1, 0.15) is 11.2 Å². The molecule has 4 saturated carbocycles. The van der Waals surface area contributed by atoms with Crippen molar-refractivity contribution in [3.63, 3.8) is 0 Å². The van der Waals surface area contributed by atoms with Crippen molar-refractivity contribution in [3.8, 4) is 0 Å². The van der Waals surface area contributed by atoms with Crippen LogP contribution in [0.2, 0.25) is 0 Å². The van der Waals surface area contributed by atoms with Crippen molar-refractivity contribution in [3.05, 3.63) is 0 Å². The van der Waals surface area contributed by atoms with E-state index < -0.39 is 22.8 Å². The fourth-order valence-electron chi connectivity index (χ4n) is 5.45. The average molecular weight is 352 g/mol. The minimum atomic E-state index is -0.607. The Bertz CT molecular complexity index is 519. The van der Waals surface area contributed by atoms with E-state index in [4.69, 9.17) is 14.2 Å². The van der Waals surface area contributed by atoms with E-state index in [1.807, 2.05) is 20.8 Å². The number of unbranched alkanes of at least 4 members (excludes halogenated alkanes) is 1. The van der Waals surface area contributed by atoms with Crippen LogP contribution in [0.5, 0.6) is 0 Å². The maximum absolute atomic E-state index is 12.8. The molecule has 4 aliphatic rings. The summed E-state index contributed by atoms with van der Waals surface area (Å²) in [6.07, 6.45) is 6.51. The van der Waals surface area contributed by atoms with E-state index in [2.05, 4.69) is 6.92 Å². The summed E-state index contributed by atoms with van der Waals surface area (Å²) in [6.45, 7) is 8.08. The number of hydrogen-bond acceptors (Lipinski definition) is 5. The van der Waals surface area contributed by atoms with Gasteiger partial charge in [-0.2, -0.15) is 0 Å². The van der Waals surface area contributed by atoms with Crippen molar-refractivity contribution in [2.24, 2.45) is 17.3 Å². The third kappa shape index (κ3) is 3.95. The molecule has 4 rings (SSSR count). The first kappa shape index (κ1) is 18.5. The lowest BCUT2D eigenvalue weighted by Crippen LogP contribution is -2.60. The molecular weight excluding hydrogens is 320 g/mol. The van der Waals surface area contributed by atoms with Gasteiger partial charge in [0.2, 0.25) is 0 Å². The van der Waals surface area contributed by atoms with Gasteiger partial charge < -0.3 is 14.2 Å². The second-order valence-corrected chi connectivity index (χ2v) is 9.48. The van der Waals surface area contributed by atoms with Gasteiger partial charge in [-0.1, -0.05) is 13.3 Å². The minimum Gasteiger partial charge on any atom is -0.465 e. The van der Waals surface area contributed by atoms with Crippen molar-refractivity contribution in [1.29, 1.82) is 0 Å². The number of rotatable bonds is 5. The Morgan fingerprint density at radius 1 is 1.08 bits per heavy atom. The summed E-state index contributed by atoms with van der Waals surface area (Å²) < 4.78 is 16.8. The van der Waals surface area contributed by atoms with Crippen molar-refractivity contribution in [1.82, 2.24) is 0 Å². The molecule has 0 heterocycles. The molecule has 0 amide bonds. The van der Waals surface area contributed by atoms with Gasteiger partial charge in [0.25, 0.3) is 0 Å². The van der Waals surface area contributed by atoms with Crippen molar-refractivity contribution in [2.45, 2.75) is 90.3 Å². The first-order valence-corrected chi connectivity index (χ1v) is 9.75. The second kappa shape index (κ2) is 6.48. The maximum Gasteiger partial charge on any atom is 0.509 e. The Kier molecular flexibility index (Phi) is 4.80. The molecule has 0 spiro atoms. The van der Waals surface area contributed by atoms with Gasteiger partial charge >= 0.3 is 12.1 Å². The zero-order valence-electron chi connectivity index (χ0n) is 16.1. The quantitative estimate of drug-likeness (QED) is 0.534. The smallest absolute Gasteiger partial charge is 0.465 e. The molecule has 0 aromatic heterocycles. The van der Waals surface area contributed by atoms with Crippen molar-refractivity contribution < 1.29 is 23.8 Å². The van der Waals surface area contributed by atoms with Crippen LogP contribution >= 0.6 is 0 Å². The van der Waals surface area contributed by atoms with E-state index in [-0.39, 0.29) is 5.97 Å². The van der Waals surface area contributed by atoms with Gasteiger partial charge in [-0.25, -0.2) is 4.79 Å². The van der Waals surface area contributed by atoms with Crippen LogP contribution in [0, 0.1) is 17.3 Å². The summed E-state index contributed by atoms with van der Waals surface area (Å²) in [4.78, 5) is 25.1. The van der Waals surface area contributed by atoms with Crippen LogP contribution in [0.25, 0.3) is 0 Å². The van der Waals surface area contributed by atoms with Crippen LogP contribution in [0.15, 0.2) is 0 Å². The van der Waals surface area contributed by atoms with Crippen LogP contribution in [0.1, 0.15) is 79.1 Å². The molecule has 5 heteroatoms. The van der Waals surface area contributed by atoms with Gasteiger partial charge in [-0.15, -0.1) is 0 Å². The fourth-order valence-corrected chi connectivity index (χ4v) is 5.45. The van der Waals surface area contributed by atoms with E-state index >= 15 is 0 Å². The number of carbonyl (C=O) groups excluding carboxylic acids is 2. The molecular formula is C20H32O5. The largest absolute Gasteiger partial charge is 0.509 e. The Balaban J connectivity index is 1.72. The molecule has 0 aromatic rings.